The van der Waals surface area contributed by atoms with Crippen LogP contribution in [0.15, 0.2) is 12.2 Å². The number of fused-ring (bicyclic) bond motifs is 5. The van der Waals surface area contributed by atoms with Gasteiger partial charge in [0.25, 0.3) is 0 Å². The second-order valence-electron chi connectivity index (χ2n) is 4.04. The number of aliphatic carboxylic acids is 1. The number of aliphatic hydroxyl groups excluding tert-OH is 1. The van der Waals surface area contributed by atoms with Crippen LogP contribution in [0.25, 0.3) is 0 Å². The molecular weight excluding hydrogens is 202 g/mol. The van der Waals surface area contributed by atoms with E-state index in [2.05, 4.69) is 5.32 Å². The number of aliphatic hydroxyl groups is 1. The van der Waals surface area contributed by atoms with E-state index in [-0.39, 0.29) is 5.91 Å². The van der Waals surface area contributed by atoms with Gasteiger partial charge < -0.3 is 20.3 Å². The third kappa shape index (κ3) is 0.818. The van der Waals surface area contributed by atoms with Gasteiger partial charge in [-0.25, -0.2) is 4.79 Å². The van der Waals surface area contributed by atoms with Gasteiger partial charge in [0.05, 0.1) is 17.9 Å². The van der Waals surface area contributed by atoms with E-state index in [4.69, 9.17) is 9.84 Å². The molecule has 5 unspecified atom stereocenters. The first-order chi connectivity index (χ1) is 7.06. The van der Waals surface area contributed by atoms with Crippen LogP contribution in [0.5, 0.6) is 0 Å². The molecule has 15 heavy (non-hydrogen) atoms. The number of amides is 1. The predicted molar refractivity (Wildman–Crippen MR) is 45.5 cm³/mol. The Bertz CT molecular complexity index is 392. The average Bonchev–Trinajstić information content (AvgIpc) is 2.78. The number of carboxylic acids is 1. The van der Waals surface area contributed by atoms with E-state index < -0.39 is 35.7 Å². The van der Waals surface area contributed by atoms with E-state index in [0.717, 1.165) is 0 Å². The molecular formula is C9H9NO5. The van der Waals surface area contributed by atoms with Crippen molar-refractivity contribution in [3.05, 3.63) is 12.2 Å². The molecule has 1 amide bonds. The van der Waals surface area contributed by atoms with Crippen molar-refractivity contribution in [2.75, 3.05) is 0 Å². The summed E-state index contributed by atoms with van der Waals surface area (Å²) in [4.78, 5) is 22.6. The lowest BCUT2D eigenvalue weighted by molar-refractivity contribution is -0.161. The molecule has 0 aromatic carbocycles. The number of ether oxygens (including phenoxy) is 1. The Balaban J connectivity index is 2.11. The molecule has 2 saturated heterocycles. The molecule has 3 N–H and O–H groups in total. The quantitative estimate of drug-likeness (QED) is 0.457. The van der Waals surface area contributed by atoms with Crippen molar-refractivity contribution in [1.82, 2.24) is 5.32 Å². The molecule has 0 aromatic rings. The Labute approximate surface area is 84.5 Å². The van der Waals surface area contributed by atoms with Crippen molar-refractivity contribution in [2.45, 2.75) is 17.9 Å². The number of carbonyl (C=O) groups excluding carboxylic acids is 1. The van der Waals surface area contributed by atoms with Crippen LogP contribution < -0.4 is 5.32 Å². The molecule has 3 heterocycles. The summed E-state index contributed by atoms with van der Waals surface area (Å²) < 4.78 is 5.30. The highest BCUT2D eigenvalue weighted by Gasteiger charge is 2.68. The Morgan fingerprint density at radius 2 is 2.33 bits per heavy atom. The van der Waals surface area contributed by atoms with Crippen molar-refractivity contribution in [2.24, 2.45) is 11.8 Å². The van der Waals surface area contributed by atoms with Gasteiger partial charge >= 0.3 is 5.97 Å². The van der Waals surface area contributed by atoms with Gasteiger partial charge in [-0.15, -0.1) is 0 Å². The van der Waals surface area contributed by atoms with Crippen molar-refractivity contribution in [1.29, 1.82) is 0 Å². The zero-order valence-electron chi connectivity index (χ0n) is 7.58. The van der Waals surface area contributed by atoms with Gasteiger partial charge in [0.15, 0.2) is 5.60 Å². The molecule has 6 nitrogen and oxygen atoms in total. The Hall–Kier alpha value is -1.40. The van der Waals surface area contributed by atoms with Crippen LogP contribution in [-0.4, -0.2) is 40.0 Å². The lowest BCUT2D eigenvalue weighted by atomic mass is 9.76. The molecule has 5 atom stereocenters. The molecule has 0 aliphatic carbocycles. The predicted octanol–water partition coefficient (Wildman–Crippen LogP) is -1.54. The van der Waals surface area contributed by atoms with Crippen LogP contribution in [0.4, 0.5) is 0 Å². The molecule has 0 radical (unpaired) electrons. The van der Waals surface area contributed by atoms with E-state index in [9.17, 15) is 14.7 Å². The molecule has 0 aromatic heterocycles. The van der Waals surface area contributed by atoms with Gasteiger partial charge in [-0.05, 0) is 6.08 Å². The fraction of sp³-hybridized carbons (Fsp3) is 0.556. The fourth-order valence-corrected chi connectivity index (χ4v) is 2.73. The summed E-state index contributed by atoms with van der Waals surface area (Å²) >= 11 is 0. The van der Waals surface area contributed by atoms with E-state index in [1.807, 2.05) is 0 Å². The molecule has 2 bridgehead atoms. The third-order valence-electron chi connectivity index (χ3n) is 3.37. The Morgan fingerprint density at radius 3 is 3.00 bits per heavy atom. The molecule has 0 saturated carbocycles. The lowest BCUT2D eigenvalue weighted by Crippen LogP contribution is -2.47. The summed E-state index contributed by atoms with van der Waals surface area (Å²) in [6.45, 7) is 0. The first-order valence-corrected chi connectivity index (χ1v) is 4.65. The number of hydrogen-bond acceptors (Lipinski definition) is 4. The molecule has 3 aliphatic rings. The largest absolute Gasteiger partial charge is 0.479 e. The highest BCUT2D eigenvalue weighted by Crippen LogP contribution is 2.50. The molecule has 6 heteroatoms. The van der Waals surface area contributed by atoms with Gasteiger partial charge in [0, 0.05) is 0 Å². The van der Waals surface area contributed by atoms with Crippen LogP contribution in [-0.2, 0) is 14.3 Å². The standard InChI is InChI=1S/C9H9NO5/c11-6-4-3-1-2-9(15-3,8(13)14)5(4)7(12)10-6/h1-5,7,12H,(H,10,11)(H,13,14). The van der Waals surface area contributed by atoms with E-state index >= 15 is 0 Å². The summed E-state index contributed by atoms with van der Waals surface area (Å²) in [5.74, 6) is -2.81. The van der Waals surface area contributed by atoms with E-state index in [1.54, 1.807) is 6.08 Å². The average molecular weight is 211 g/mol. The van der Waals surface area contributed by atoms with Crippen LogP contribution in [0.2, 0.25) is 0 Å². The topological polar surface area (TPSA) is 95.9 Å². The normalized spacial score (nSPS) is 50.6. The number of rotatable bonds is 1. The van der Waals surface area contributed by atoms with Crippen molar-refractivity contribution in [3.63, 3.8) is 0 Å². The van der Waals surface area contributed by atoms with Gasteiger partial charge in [-0.3, -0.25) is 4.79 Å². The first-order valence-electron chi connectivity index (χ1n) is 4.65. The molecule has 2 fully saturated rings. The van der Waals surface area contributed by atoms with Crippen molar-refractivity contribution >= 4 is 11.9 Å². The van der Waals surface area contributed by atoms with Gasteiger partial charge in [-0.1, -0.05) is 6.08 Å². The van der Waals surface area contributed by atoms with Crippen LogP contribution in [0.1, 0.15) is 0 Å². The number of carbonyl (C=O) groups is 2. The minimum atomic E-state index is -1.53. The SMILES string of the molecule is O=C1NC(O)C2C1C1C=CC2(C(=O)O)O1. The fourth-order valence-electron chi connectivity index (χ4n) is 2.73. The van der Waals surface area contributed by atoms with Crippen molar-refractivity contribution in [3.8, 4) is 0 Å². The maximum atomic E-state index is 11.4. The minimum Gasteiger partial charge on any atom is -0.479 e. The smallest absolute Gasteiger partial charge is 0.340 e. The summed E-state index contributed by atoms with van der Waals surface area (Å²) in [5, 5.41) is 21.0. The van der Waals surface area contributed by atoms with Crippen LogP contribution in [0.3, 0.4) is 0 Å². The third-order valence-corrected chi connectivity index (χ3v) is 3.37. The first kappa shape index (κ1) is 8.87. The summed E-state index contributed by atoms with van der Waals surface area (Å²) in [5.41, 5.74) is -1.53. The zero-order chi connectivity index (χ0) is 10.8. The lowest BCUT2D eigenvalue weighted by Gasteiger charge is -2.26. The molecule has 3 aliphatic heterocycles. The highest BCUT2D eigenvalue weighted by atomic mass is 16.6. The maximum Gasteiger partial charge on any atom is 0.340 e. The zero-order valence-corrected chi connectivity index (χ0v) is 7.58. The molecule has 0 spiro atoms. The molecule has 80 valence electrons. The second-order valence-corrected chi connectivity index (χ2v) is 4.04. The Morgan fingerprint density at radius 1 is 1.60 bits per heavy atom. The van der Waals surface area contributed by atoms with Crippen LogP contribution >= 0.6 is 0 Å². The minimum absolute atomic E-state index is 0.343. The van der Waals surface area contributed by atoms with Crippen molar-refractivity contribution < 1.29 is 24.5 Å². The highest BCUT2D eigenvalue weighted by molar-refractivity contribution is 5.90. The molecule has 3 rings (SSSR count). The number of hydrogen-bond donors (Lipinski definition) is 3. The summed E-state index contributed by atoms with van der Waals surface area (Å²) in [6, 6.07) is 0. The van der Waals surface area contributed by atoms with E-state index in [1.165, 1.54) is 6.08 Å². The number of nitrogens with one attached hydrogen (secondary N) is 1. The van der Waals surface area contributed by atoms with Gasteiger partial charge in [0.2, 0.25) is 5.91 Å². The summed E-state index contributed by atoms with van der Waals surface area (Å²) in [6.07, 6.45) is 1.33. The van der Waals surface area contributed by atoms with Gasteiger partial charge in [-0.2, -0.15) is 0 Å². The van der Waals surface area contributed by atoms with Gasteiger partial charge in [0.1, 0.15) is 6.23 Å². The van der Waals surface area contributed by atoms with Crippen LogP contribution in [0, 0.1) is 11.8 Å². The Kier molecular flexibility index (Phi) is 1.42. The maximum absolute atomic E-state index is 11.4. The number of carboxylic acid groups (broad SMARTS) is 1. The van der Waals surface area contributed by atoms with E-state index in [0.29, 0.717) is 0 Å². The second kappa shape index (κ2) is 2.40. The summed E-state index contributed by atoms with van der Waals surface area (Å²) in [7, 11) is 0. The monoisotopic (exact) mass is 211 g/mol.